The summed E-state index contributed by atoms with van der Waals surface area (Å²) >= 11 is 0. The molecule has 2 N–H and O–H groups in total. The maximum Gasteiger partial charge on any atom is 0.297 e. The molecule has 3 heterocycles. The molecule has 0 spiro atoms. The van der Waals surface area contributed by atoms with E-state index in [-0.39, 0.29) is 13.0 Å². The van der Waals surface area contributed by atoms with Crippen LogP contribution in [0.5, 0.6) is 0 Å². The summed E-state index contributed by atoms with van der Waals surface area (Å²) in [6, 6.07) is -1.37. The number of hydrogen-bond donors (Lipinski definition) is 2. The monoisotopic (exact) mass is 230 g/mol. The Bertz CT molecular complexity index is 374. The summed E-state index contributed by atoms with van der Waals surface area (Å²) in [5.74, 6) is -1.40. The van der Waals surface area contributed by atoms with E-state index in [1.54, 1.807) is 0 Å². The molecule has 0 radical (unpaired) electrons. The van der Waals surface area contributed by atoms with Crippen molar-refractivity contribution in [3.63, 3.8) is 0 Å². The van der Waals surface area contributed by atoms with Gasteiger partial charge < -0.3 is 19.9 Å². The predicted octanol–water partition coefficient (Wildman–Crippen LogP) is -1.79. The summed E-state index contributed by atoms with van der Waals surface area (Å²) < 4.78 is 10.5. The molecule has 88 valence electrons. The zero-order valence-electron chi connectivity index (χ0n) is 8.16. The number of rotatable bonds is 1. The first kappa shape index (κ1) is 9.94. The Morgan fingerprint density at radius 3 is 3.06 bits per heavy atom. The van der Waals surface area contributed by atoms with E-state index in [0.717, 1.165) is 0 Å². The maximum absolute atomic E-state index is 11.5. The topological polar surface area (TPSA) is 111 Å². The number of ether oxygens (including phenoxy) is 2. The highest BCUT2D eigenvalue weighted by molar-refractivity contribution is 5.82. The second-order valence-electron chi connectivity index (χ2n) is 4.35. The van der Waals surface area contributed by atoms with Crippen LogP contribution in [0.1, 0.15) is 6.42 Å². The molecule has 0 aliphatic carbocycles. The van der Waals surface area contributed by atoms with Gasteiger partial charge in [-0.15, -0.1) is 0 Å². The van der Waals surface area contributed by atoms with E-state index in [2.05, 4.69) is 5.32 Å². The molecule has 0 saturated carbocycles. The molecule has 8 nitrogen and oxygen atoms in total. The minimum Gasteiger partial charge on any atom is -0.366 e. The van der Waals surface area contributed by atoms with E-state index in [4.69, 9.17) is 9.47 Å². The molecule has 0 aromatic rings. The number of fused-ring (bicyclic) bond motifs is 6. The van der Waals surface area contributed by atoms with Gasteiger partial charge in [-0.3, -0.25) is 14.9 Å². The molecule has 3 aliphatic rings. The van der Waals surface area contributed by atoms with Gasteiger partial charge in [0.05, 0.1) is 18.6 Å². The Balaban J connectivity index is 1.99. The van der Waals surface area contributed by atoms with Crippen molar-refractivity contribution in [3.8, 4) is 0 Å². The van der Waals surface area contributed by atoms with Gasteiger partial charge in [0.2, 0.25) is 6.29 Å². The van der Waals surface area contributed by atoms with Crippen LogP contribution in [0.15, 0.2) is 0 Å². The van der Waals surface area contributed by atoms with Gasteiger partial charge in [0.25, 0.3) is 11.9 Å². The van der Waals surface area contributed by atoms with Crippen molar-refractivity contribution >= 4 is 5.91 Å². The van der Waals surface area contributed by atoms with Crippen LogP contribution in [0.4, 0.5) is 0 Å². The van der Waals surface area contributed by atoms with Gasteiger partial charge in [0.1, 0.15) is 0 Å². The lowest BCUT2D eigenvalue weighted by atomic mass is 9.80. The zero-order chi connectivity index (χ0) is 11.5. The molecule has 3 rings (SSSR count). The smallest absolute Gasteiger partial charge is 0.297 e. The van der Waals surface area contributed by atoms with Gasteiger partial charge in [0, 0.05) is 11.3 Å². The molecule has 3 aliphatic heterocycles. The van der Waals surface area contributed by atoms with Crippen molar-refractivity contribution in [3.05, 3.63) is 10.1 Å². The first-order valence-corrected chi connectivity index (χ1v) is 4.96. The third kappa shape index (κ3) is 1.11. The fourth-order valence-corrected chi connectivity index (χ4v) is 2.64. The third-order valence-electron chi connectivity index (χ3n) is 3.37. The normalized spacial score (nSPS) is 49.9. The van der Waals surface area contributed by atoms with Crippen LogP contribution >= 0.6 is 0 Å². The quantitative estimate of drug-likeness (QED) is 0.406. The number of carbonyl (C=O) groups excluding carboxylic acids is 1. The van der Waals surface area contributed by atoms with Crippen LogP contribution in [-0.4, -0.2) is 46.7 Å². The van der Waals surface area contributed by atoms with E-state index < -0.39 is 40.9 Å². The van der Waals surface area contributed by atoms with Crippen LogP contribution in [-0.2, 0) is 14.3 Å². The van der Waals surface area contributed by atoms with E-state index in [0.29, 0.717) is 0 Å². The number of nitro groups is 1. The Morgan fingerprint density at radius 2 is 2.38 bits per heavy atom. The Labute approximate surface area is 89.7 Å². The summed E-state index contributed by atoms with van der Waals surface area (Å²) in [6.07, 6.45) is -1.29. The molecule has 0 unspecified atom stereocenters. The largest absolute Gasteiger partial charge is 0.366 e. The third-order valence-corrected chi connectivity index (χ3v) is 3.37. The number of amides is 1. The number of carbonyl (C=O) groups is 1. The molecule has 8 heteroatoms. The van der Waals surface area contributed by atoms with Crippen molar-refractivity contribution in [2.45, 2.75) is 30.6 Å². The summed E-state index contributed by atoms with van der Waals surface area (Å²) in [5.41, 5.74) is -1.62. The molecule has 1 amide bonds. The highest BCUT2D eigenvalue weighted by atomic mass is 16.7. The van der Waals surface area contributed by atoms with Crippen molar-refractivity contribution in [2.75, 3.05) is 6.61 Å². The molecule has 3 saturated heterocycles. The van der Waals surface area contributed by atoms with E-state index >= 15 is 0 Å². The minimum absolute atomic E-state index is 0.0969. The lowest BCUT2D eigenvalue weighted by molar-refractivity contribution is -0.526. The molecule has 5 atom stereocenters. The molecule has 0 aromatic carbocycles. The average Bonchev–Trinajstić information content (AvgIpc) is 2.60. The van der Waals surface area contributed by atoms with E-state index in [1.165, 1.54) is 0 Å². The van der Waals surface area contributed by atoms with E-state index in [1.807, 2.05) is 0 Å². The van der Waals surface area contributed by atoms with Crippen molar-refractivity contribution in [1.29, 1.82) is 0 Å². The highest BCUT2D eigenvalue weighted by Gasteiger charge is 2.63. The second-order valence-corrected chi connectivity index (χ2v) is 4.35. The van der Waals surface area contributed by atoms with Gasteiger partial charge in [-0.2, -0.15) is 0 Å². The van der Waals surface area contributed by atoms with Crippen LogP contribution < -0.4 is 5.32 Å². The molecule has 4 bridgehead atoms. The molecule has 3 fully saturated rings. The maximum atomic E-state index is 11.5. The molecule has 0 aromatic heterocycles. The van der Waals surface area contributed by atoms with Crippen LogP contribution in [0.2, 0.25) is 0 Å². The Kier molecular flexibility index (Phi) is 1.80. The van der Waals surface area contributed by atoms with Crippen LogP contribution in [0, 0.1) is 16.0 Å². The number of nitrogens with zero attached hydrogens (tertiary/aromatic N) is 1. The molecule has 16 heavy (non-hydrogen) atoms. The Morgan fingerprint density at radius 1 is 1.62 bits per heavy atom. The summed E-state index contributed by atoms with van der Waals surface area (Å²) in [4.78, 5) is 21.7. The van der Waals surface area contributed by atoms with Gasteiger partial charge in [-0.25, -0.2) is 0 Å². The second kappa shape index (κ2) is 2.90. The average molecular weight is 230 g/mol. The van der Waals surface area contributed by atoms with Crippen molar-refractivity contribution < 1.29 is 24.3 Å². The lowest BCUT2D eigenvalue weighted by Crippen LogP contribution is -2.70. The number of piperidine rings is 1. The molecular formula is C8H10N2O6. The number of hydrogen-bond acceptors (Lipinski definition) is 6. The molecular weight excluding hydrogens is 220 g/mol. The number of nitrogens with one attached hydrogen (secondary N) is 1. The summed E-state index contributed by atoms with van der Waals surface area (Å²) in [5, 5.41) is 23.1. The Hall–Kier alpha value is -1.25. The van der Waals surface area contributed by atoms with Crippen molar-refractivity contribution in [1.82, 2.24) is 5.32 Å². The van der Waals surface area contributed by atoms with E-state index in [9.17, 15) is 20.0 Å². The van der Waals surface area contributed by atoms with Gasteiger partial charge in [-0.1, -0.05) is 0 Å². The highest BCUT2D eigenvalue weighted by Crippen LogP contribution is 2.42. The number of aliphatic hydroxyl groups is 1. The van der Waals surface area contributed by atoms with Crippen molar-refractivity contribution in [2.24, 2.45) is 5.92 Å². The first-order valence-electron chi connectivity index (χ1n) is 4.96. The van der Waals surface area contributed by atoms with Crippen LogP contribution in [0.3, 0.4) is 0 Å². The van der Waals surface area contributed by atoms with Gasteiger partial charge >= 0.3 is 0 Å². The summed E-state index contributed by atoms with van der Waals surface area (Å²) in [6.45, 7) is 0.178. The fraction of sp³-hybridized carbons (Fsp3) is 0.875. The minimum atomic E-state index is -1.62. The predicted molar refractivity (Wildman–Crippen MR) is 46.6 cm³/mol. The zero-order valence-corrected chi connectivity index (χ0v) is 8.16. The van der Waals surface area contributed by atoms with Gasteiger partial charge in [0.15, 0.2) is 5.72 Å². The fourth-order valence-electron chi connectivity index (χ4n) is 2.64. The van der Waals surface area contributed by atoms with Crippen LogP contribution in [0.25, 0.3) is 0 Å². The SMILES string of the molecule is O=C1N[C@@]2(O)C[C@H]([C@@H]1[N+](=O)[O-])[C@H]1CO[C@H]2O1. The summed E-state index contributed by atoms with van der Waals surface area (Å²) in [7, 11) is 0. The van der Waals surface area contributed by atoms with Gasteiger partial charge in [-0.05, 0) is 0 Å². The first-order chi connectivity index (χ1) is 7.51. The lowest BCUT2D eigenvalue weighted by Gasteiger charge is -2.44. The standard InChI is InChI=1S/C8H10N2O6/c11-6-5(10(13)14)3-1-8(12,9-6)7-15-2-4(3)16-7/h3-5,7,12H,1-2H2,(H,9,11)/t3-,4+,5-,7-,8+/m0/s1.